The average molecular weight is 136 g/mol. The summed E-state index contributed by atoms with van der Waals surface area (Å²) in [6, 6.07) is 0. The van der Waals surface area contributed by atoms with Gasteiger partial charge in [0.2, 0.25) is 0 Å². The molecule has 0 aliphatic carbocycles. The molecule has 0 radical (unpaired) electrons. The molecule has 0 amide bonds. The van der Waals surface area contributed by atoms with Crippen LogP contribution in [0.4, 0.5) is 0 Å². The van der Waals surface area contributed by atoms with Gasteiger partial charge >= 0.3 is 0 Å². The van der Waals surface area contributed by atoms with Crippen LogP contribution in [0.5, 0.6) is 0 Å². The number of hydrogen-bond donors (Lipinski definition) is 1. The summed E-state index contributed by atoms with van der Waals surface area (Å²) in [7, 11) is 0. The molecule has 7 heavy (non-hydrogen) atoms. The maximum absolute atomic E-state index is 6.76. The van der Waals surface area contributed by atoms with E-state index in [0.717, 1.165) is 0 Å². The molecule has 0 spiro atoms. The molecule has 0 saturated heterocycles. The van der Waals surface area contributed by atoms with Crippen LogP contribution in [0.15, 0.2) is 17.1 Å². The normalized spacial score (nSPS) is 14.6. The minimum absolute atomic E-state index is 0. The van der Waals surface area contributed by atoms with Gasteiger partial charge in [-0.15, -0.1) is 0 Å². The van der Waals surface area contributed by atoms with Gasteiger partial charge in [0, 0.05) is 23.3 Å². The molecule has 0 aromatic rings. The van der Waals surface area contributed by atoms with Crippen LogP contribution in [0.1, 0.15) is 0 Å². The van der Waals surface area contributed by atoms with Crippen molar-refractivity contribution in [3.63, 3.8) is 0 Å². The quantitative estimate of drug-likeness (QED) is 0.473. The van der Waals surface area contributed by atoms with Gasteiger partial charge in [0.25, 0.3) is 0 Å². The number of amidine groups is 1. The Kier molecular flexibility index (Phi) is 2.56. The Morgan fingerprint density at radius 3 is 2.43 bits per heavy atom. The molecule has 1 aliphatic rings. The van der Waals surface area contributed by atoms with Crippen molar-refractivity contribution in [1.82, 2.24) is 0 Å². The topological polar surface area (TPSA) is 36.2 Å². The van der Waals surface area contributed by atoms with E-state index in [2.05, 4.69) is 4.99 Å². The second-order valence-electron chi connectivity index (χ2n) is 1.02. The van der Waals surface area contributed by atoms with Gasteiger partial charge in [-0.2, -0.15) is 0 Å². The van der Waals surface area contributed by atoms with Crippen molar-refractivity contribution < 1.29 is 17.1 Å². The third-order valence-electron chi connectivity index (χ3n) is 0.554. The van der Waals surface area contributed by atoms with E-state index in [0.29, 0.717) is 5.84 Å². The summed E-state index contributed by atoms with van der Waals surface area (Å²) in [5, 5.41) is 6.76. The van der Waals surface area contributed by atoms with E-state index in [4.69, 9.17) is 5.41 Å². The number of nitrogens with zero attached hydrogens (tertiary/aromatic N) is 1. The first kappa shape index (κ1) is 6.60. The zero-order chi connectivity index (χ0) is 4.41. The minimum atomic E-state index is 0. The molecule has 1 aliphatic heterocycles. The molecule has 0 unspecified atom stereocenters. The monoisotopic (exact) mass is 136 g/mol. The number of hydrogen-bond acceptors (Lipinski definition) is 1. The van der Waals surface area contributed by atoms with Crippen molar-refractivity contribution in [3.05, 3.63) is 12.2 Å². The summed E-state index contributed by atoms with van der Waals surface area (Å²) >= 11 is 0. The number of allylic oxidation sites excluding steroid dienone is 1. The zero-order valence-electron chi connectivity index (χ0n) is 3.53. The molecule has 0 bridgehead atoms. The van der Waals surface area contributed by atoms with Crippen molar-refractivity contribution >= 4 is 12.1 Å². The Morgan fingerprint density at radius 1 is 1.57 bits per heavy atom. The molecular formula is C4H4FeN2. The molecule has 0 aromatic carbocycles. The number of rotatable bonds is 0. The van der Waals surface area contributed by atoms with E-state index in [1.165, 1.54) is 0 Å². The van der Waals surface area contributed by atoms with Gasteiger partial charge in [0.05, 0.1) is 0 Å². The SMILES string of the molecule is N=C1C=CC=N1.[Fe]. The molecule has 1 rings (SSSR count). The van der Waals surface area contributed by atoms with Gasteiger partial charge in [-0.1, -0.05) is 0 Å². The Morgan fingerprint density at radius 2 is 2.29 bits per heavy atom. The van der Waals surface area contributed by atoms with Crippen LogP contribution < -0.4 is 0 Å². The maximum atomic E-state index is 6.76. The Labute approximate surface area is 52.3 Å². The van der Waals surface area contributed by atoms with Gasteiger partial charge < -0.3 is 0 Å². The predicted molar refractivity (Wildman–Crippen MR) is 25.4 cm³/mol. The second kappa shape index (κ2) is 2.72. The van der Waals surface area contributed by atoms with E-state index in [1.54, 1.807) is 18.4 Å². The van der Waals surface area contributed by atoms with Crippen LogP contribution in [-0.4, -0.2) is 12.1 Å². The summed E-state index contributed by atoms with van der Waals surface area (Å²) < 4.78 is 0. The fourth-order valence-electron chi connectivity index (χ4n) is 0.301. The van der Waals surface area contributed by atoms with Crippen molar-refractivity contribution in [2.24, 2.45) is 4.99 Å². The number of nitrogens with one attached hydrogen (secondary N) is 1. The second-order valence-corrected chi connectivity index (χ2v) is 1.02. The van der Waals surface area contributed by atoms with Crippen LogP contribution in [0.3, 0.4) is 0 Å². The Bertz CT molecular complexity index is 112. The molecule has 0 atom stereocenters. The molecule has 1 N–H and O–H groups in total. The Balaban J connectivity index is 0.000000360. The van der Waals surface area contributed by atoms with Gasteiger partial charge in [-0.3, -0.25) is 5.41 Å². The first-order chi connectivity index (χ1) is 2.89. The van der Waals surface area contributed by atoms with Crippen molar-refractivity contribution in [3.8, 4) is 0 Å². The molecular weight excluding hydrogens is 132 g/mol. The van der Waals surface area contributed by atoms with Crippen LogP contribution in [0.25, 0.3) is 0 Å². The van der Waals surface area contributed by atoms with E-state index >= 15 is 0 Å². The molecule has 38 valence electrons. The fraction of sp³-hybridized carbons (Fsp3) is 0. The third-order valence-corrected chi connectivity index (χ3v) is 0.554. The standard InChI is InChI=1S/C4H4N2.Fe/c5-4-2-1-3-6-4;/h1-3,5H;. The van der Waals surface area contributed by atoms with Gasteiger partial charge in [-0.05, 0) is 12.2 Å². The van der Waals surface area contributed by atoms with Crippen LogP contribution in [0, 0.1) is 5.41 Å². The largest absolute Gasteiger partial charge is 0.283 e. The number of aliphatic imine (C=N–C) groups is 1. The molecule has 0 fully saturated rings. The first-order valence-electron chi connectivity index (χ1n) is 1.69. The van der Waals surface area contributed by atoms with Crippen LogP contribution >= 0.6 is 0 Å². The molecule has 1 heterocycles. The molecule has 0 saturated carbocycles. The summed E-state index contributed by atoms with van der Waals surface area (Å²) in [4.78, 5) is 3.58. The van der Waals surface area contributed by atoms with Gasteiger partial charge in [-0.25, -0.2) is 4.99 Å². The van der Waals surface area contributed by atoms with E-state index in [1.807, 2.05) is 0 Å². The molecule has 3 heteroatoms. The predicted octanol–water partition coefficient (Wildman–Crippen LogP) is 0.602. The summed E-state index contributed by atoms with van der Waals surface area (Å²) in [6.45, 7) is 0. The molecule has 0 aromatic heterocycles. The molecule has 2 nitrogen and oxygen atoms in total. The van der Waals surface area contributed by atoms with Crippen LogP contribution in [0.2, 0.25) is 0 Å². The summed E-state index contributed by atoms with van der Waals surface area (Å²) in [5.74, 6) is 0.343. The maximum Gasteiger partial charge on any atom is 0.144 e. The third kappa shape index (κ3) is 1.67. The van der Waals surface area contributed by atoms with Crippen molar-refractivity contribution in [2.75, 3.05) is 0 Å². The van der Waals surface area contributed by atoms with E-state index in [9.17, 15) is 0 Å². The van der Waals surface area contributed by atoms with Gasteiger partial charge in [0.1, 0.15) is 5.84 Å². The Hall–Kier alpha value is -0.401. The van der Waals surface area contributed by atoms with Crippen molar-refractivity contribution in [1.29, 1.82) is 5.41 Å². The van der Waals surface area contributed by atoms with E-state index in [-0.39, 0.29) is 17.1 Å². The summed E-state index contributed by atoms with van der Waals surface area (Å²) in [5.41, 5.74) is 0. The minimum Gasteiger partial charge on any atom is -0.283 e. The average Bonchev–Trinajstić information content (AvgIpc) is 1.86. The van der Waals surface area contributed by atoms with Gasteiger partial charge in [0.15, 0.2) is 0 Å². The zero-order valence-corrected chi connectivity index (χ0v) is 4.64. The smallest absolute Gasteiger partial charge is 0.144 e. The summed E-state index contributed by atoms with van der Waals surface area (Å²) in [6.07, 6.45) is 4.98. The van der Waals surface area contributed by atoms with E-state index < -0.39 is 0 Å². The van der Waals surface area contributed by atoms with Crippen molar-refractivity contribution in [2.45, 2.75) is 0 Å². The first-order valence-corrected chi connectivity index (χ1v) is 1.69. The fourth-order valence-corrected chi connectivity index (χ4v) is 0.301. The van der Waals surface area contributed by atoms with Crippen LogP contribution in [-0.2, 0) is 17.1 Å².